The maximum absolute atomic E-state index is 4.57. The van der Waals surface area contributed by atoms with Gasteiger partial charge in [0.1, 0.15) is 18.0 Å². The van der Waals surface area contributed by atoms with Gasteiger partial charge in [0.25, 0.3) is 0 Å². The zero-order valence-electron chi connectivity index (χ0n) is 12.9. The molecule has 0 radical (unpaired) electrons. The number of nitrogens with zero attached hydrogens (tertiary/aromatic N) is 3. The molecule has 0 spiro atoms. The summed E-state index contributed by atoms with van der Waals surface area (Å²) in [6.07, 6.45) is 3.94. The summed E-state index contributed by atoms with van der Waals surface area (Å²) >= 11 is 0. The molecule has 110 valence electrons. The van der Waals surface area contributed by atoms with Crippen LogP contribution in [0.2, 0.25) is 0 Å². The molecule has 0 saturated carbocycles. The van der Waals surface area contributed by atoms with E-state index in [1.54, 1.807) is 6.33 Å². The molecule has 1 aromatic heterocycles. The number of aromatic nitrogens is 2. The van der Waals surface area contributed by atoms with E-state index < -0.39 is 0 Å². The zero-order chi connectivity index (χ0) is 14.8. The number of hydrogen-bond acceptors (Lipinski definition) is 4. The summed E-state index contributed by atoms with van der Waals surface area (Å²) in [5, 5.41) is 3.32. The van der Waals surface area contributed by atoms with Gasteiger partial charge in [0, 0.05) is 23.8 Å². The fourth-order valence-electron chi connectivity index (χ4n) is 3.04. The molecule has 0 saturated heterocycles. The number of hydrogen-bond donors (Lipinski definition) is 1. The first-order valence-corrected chi connectivity index (χ1v) is 7.65. The van der Waals surface area contributed by atoms with Crippen LogP contribution in [0.4, 0.5) is 17.3 Å². The first-order chi connectivity index (χ1) is 10.2. The SMILES string of the molecule is CCNc1ncnc(N2c3ccccc3CCC2C)c1C. The van der Waals surface area contributed by atoms with Gasteiger partial charge in [-0.05, 0) is 45.2 Å². The van der Waals surface area contributed by atoms with Crippen molar-refractivity contribution in [1.29, 1.82) is 0 Å². The average Bonchev–Trinajstić information content (AvgIpc) is 2.50. The summed E-state index contributed by atoms with van der Waals surface area (Å²) in [4.78, 5) is 11.3. The minimum Gasteiger partial charge on any atom is -0.370 e. The third-order valence-corrected chi connectivity index (χ3v) is 4.15. The Morgan fingerprint density at radius 2 is 2.10 bits per heavy atom. The first kappa shape index (κ1) is 13.9. The molecule has 0 amide bonds. The number of fused-ring (bicyclic) bond motifs is 1. The largest absolute Gasteiger partial charge is 0.370 e. The molecule has 1 aliphatic rings. The molecule has 4 nitrogen and oxygen atoms in total. The number of rotatable bonds is 3. The fraction of sp³-hybridized carbons (Fsp3) is 0.412. The van der Waals surface area contributed by atoms with Crippen LogP contribution >= 0.6 is 0 Å². The molecule has 4 heteroatoms. The van der Waals surface area contributed by atoms with Gasteiger partial charge in [0.15, 0.2) is 0 Å². The third kappa shape index (κ3) is 2.46. The maximum atomic E-state index is 4.57. The summed E-state index contributed by atoms with van der Waals surface area (Å²) in [6.45, 7) is 7.31. The molecule has 3 rings (SSSR count). The highest BCUT2D eigenvalue weighted by atomic mass is 15.2. The molecule has 2 aromatic rings. The lowest BCUT2D eigenvalue weighted by atomic mass is 9.96. The summed E-state index contributed by atoms with van der Waals surface area (Å²) in [6, 6.07) is 9.08. The van der Waals surface area contributed by atoms with Gasteiger partial charge in [-0.3, -0.25) is 0 Å². The Hall–Kier alpha value is -2.10. The number of benzene rings is 1. The standard InChI is InChI=1S/C17H22N4/c1-4-18-16-13(3)17(20-11-19-16)21-12(2)9-10-14-7-5-6-8-15(14)21/h5-8,11-12H,4,9-10H2,1-3H3,(H,18,19,20). The average molecular weight is 282 g/mol. The highest BCUT2D eigenvalue weighted by Gasteiger charge is 2.26. The van der Waals surface area contributed by atoms with Crippen molar-refractivity contribution in [3.8, 4) is 0 Å². The Labute approximate surface area is 126 Å². The van der Waals surface area contributed by atoms with Crippen LogP contribution in [0.15, 0.2) is 30.6 Å². The summed E-state index contributed by atoms with van der Waals surface area (Å²) in [7, 11) is 0. The van der Waals surface area contributed by atoms with Gasteiger partial charge in [0.05, 0.1) is 0 Å². The molecule has 1 unspecified atom stereocenters. The maximum Gasteiger partial charge on any atom is 0.141 e. The molecule has 0 bridgehead atoms. The predicted molar refractivity (Wildman–Crippen MR) is 87.3 cm³/mol. The van der Waals surface area contributed by atoms with Gasteiger partial charge in [-0.2, -0.15) is 0 Å². The van der Waals surface area contributed by atoms with Crippen molar-refractivity contribution in [2.45, 2.75) is 39.7 Å². The topological polar surface area (TPSA) is 41.1 Å². The lowest BCUT2D eigenvalue weighted by Crippen LogP contribution is -2.34. The van der Waals surface area contributed by atoms with Gasteiger partial charge in [-0.25, -0.2) is 9.97 Å². The van der Waals surface area contributed by atoms with E-state index in [2.05, 4.69) is 65.2 Å². The molecule has 1 atom stereocenters. The zero-order valence-corrected chi connectivity index (χ0v) is 12.9. The highest BCUT2D eigenvalue weighted by molar-refractivity contribution is 5.71. The summed E-state index contributed by atoms with van der Waals surface area (Å²) in [5.41, 5.74) is 3.79. The van der Waals surface area contributed by atoms with Crippen molar-refractivity contribution < 1.29 is 0 Å². The van der Waals surface area contributed by atoms with Gasteiger partial charge < -0.3 is 10.2 Å². The lowest BCUT2D eigenvalue weighted by molar-refractivity contribution is 0.612. The molecule has 2 heterocycles. The third-order valence-electron chi connectivity index (χ3n) is 4.15. The van der Waals surface area contributed by atoms with E-state index in [1.807, 2.05) is 0 Å². The van der Waals surface area contributed by atoms with Crippen molar-refractivity contribution in [3.63, 3.8) is 0 Å². The Kier molecular flexibility index (Phi) is 3.78. The minimum absolute atomic E-state index is 0.447. The molecule has 1 N–H and O–H groups in total. The number of anilines is 3. The van der Waals surface area contributed by atoms with Crippen molar-refractivity contribution in [1.82, 2.24) is 9.97 Å². The van der Waals surface area contributed by atoms with Crippen molar-refractivity contribution in [3.05, 3.63) is 41.7 Å². The van der Waals surface area contributed by atoms with Gasteiger partial charge >= 0.3 is 0 Å². The Bertz CT molecular complexity index is 638. The highest BCUT2D eigenvalue weighted by Crippen LogP contribution is 2.37. The molecule has 1 aromatic carbocycles. The molecule has 21 heavy (non-hydrogen) atoms. The Morgan fingerprint density at radius 3 is 2.90 bits per heavy atom. The van der Waals surface area contributed by atoms with Gasteiger partial charge in [-0.15, -0.1) is 0 Å². The monoisotopic (exact) mass is 282 g/mol. The van der Waals surface area contributed by atoms with Crippen LogP contribution in [0.5, 0.6) is 0 Å². The van der Waals surface area contributed by atoms with Crippen LogP contribution < -0.4 is 10.2 Å². The van der Waals surface area contributed by atoms with Crippen LogP contribution in [0, 0.1) is 6.92 Å². The van der Waals surface area contributed by atoms with E-state index in [9.17, 15) is 0 Å². The number of aryl methyl sites for hydroxylation is 1. The Morgan fingerprint density at radius 1 is 1.29 bits per heavy atom. The van der Waals surface area contributed by atoms with Crippen LogP contribution in [-0.2, 0) is 6.42 Å². The van der Waals surface area contributed by atoms with Gasteiger partial charge in [-0.1, -0.05) is 18.2 Å². The lowest BCUT2D eigenvalue weighted by Gasteiger charge is -2.37. The van der Waals surface area contributed by atoms with E-state index in [1.165, 1.54) is 11.3 Å². The number of para-hydroxylation sites is 1. The molecule has 1 aliphatic heterocycles. The van der Waals surface area contributed by atoms with Crippen molar-refractivity contribution in [2.75, 3.05) is 16.8 Å². The van der Waals surface area contributed by atoms with E-state index in [-0.39, 0.29) is 0 Å². The van der Waals surface area contributed by atoms with Crippen LogP contribution in [0.25, 0.3) is 0 Å². The molecule has 0 aliphatic carbocycles. The quantitative estimate of drug-likeness (QED) is 0.932. The summed E-state index contributed by atoms with van der Waals surface area (Å²) < 4.78 is 0. The van der Waals surface area contributed by atoms with Crippen LogP contribution in [-0.4, -0.2) is 22.6 Å². The van der Waals surface area contributed by atoms with Gasteiger partial charge in [0.2, 0.25) is 0 Å². The second kappa shape index (κ2) is 5.72. The smallest absolute Gasteiger partial charge is 0.141 e. The molecule has 0 fully saturated rings. The number of nitrogens with one attached hydrogen (secondary N) is 1. The van der Waals surface area contributed by atoms with E-state index >= 15 is 0 Å². The van der Waals surface area contributed by atoms with E-state index in [0.717, 1.165) is 36.6 Å². The summed E-state index contributed by atoms with van der Waals surface area (Å²) in [5.74, 6) is 1.94. The predicted octanol–water partition coefficient (Wildman–Crippen LogP) is 3.69. The minimum atomic E-state index is 0.447. The van der Waals surface area contributed by atoms with E-state index in [0.29, 0.717) is 6.04 Å². The second-order valence-corrected chi connectivity index (χ2v) is 5.59. The second-order valence-electron chi connectivity index (χ2n) is 5.59. The fourth-order valence-corrected chi connectivity index (χ4v) is 3.04. The van der Waals surface area contributed by atoms with Crippen molar-refractivity contribution in [2.24, 2.45) is 0 Å². The van der Waals surface area contributed by atoms with Crippen LogP contribution in [0.1, 0.15) is 31.4 Å². The first-order valence-electron chi connectivity index (χ1n) is 7.65. The van der Waals surface area contributed by atoms with E-state index in [4.69, 9.17) is 0 Å². The molecular weight excluding hydrogens is 260 g/mol. The normalized spacial score (nSPS) is 17.5. The Balaban J connectivity index is 2.09. The van der Waals surface area contributed by atoms with Crippen molar-refractivity contribution >= 4 is 17.3 Å². The molecular formula is C17H22N4. The van der Waals surface area contributed by atoms with Crippen LogP contribution in [0.3, 0.4) is 0 Å².